The molecular weight excluding hydrogens is 304 g/mol. The number of rotatable bonds is 3. The molecule has 0 bridgehead atoms. The molecule has 0 aliphatic heterocycles. The molecule has 0 aliphatic rings. The fourth-order valence-electron chi connectivity index (χ4n) is 2.23. The minimum Gasteiger partial charge on any atom is -0.292 e. The predicted molar refractivity (Wildman–Crippen MR) is 85.9 cm³/mol. The third-order valence-electron chi connectivity index (χ3n) is 3.34. The van der Waals surface area contributed by atoms with Gasteiger partial charge < -0.3 is 0 Å². The Labute approximate surface area is 132 Å². The lowest BCUT2D eigenvalue weighted by Gasteiger charge is -2.16. The molecule has 3 aromatic rings. The van der Waals surface area contributed by atoms with Crippen molar-refractivity contribution in [3.63, 3.8) is 0 Å². The van der Waals surface area contributed by atoms with Crippen LogP contribution in [0.2, 0.25) is 5.02 Å². The second-order valence-corrected chi connectivity index (χ2v) is 5.49. The van der Waals surface area contributed by atoms with E-state index in [2.05, 4.69) is 22.1 Å². The standard InChI is InChI=1S/C15H13ClN4S/c1-10(11-5-7-12(16)8-6-11)20-14(18-19-15(20)21)13-4-2-3-9-17-13/h2-10H,1H3,(H,19,21). The van der Waals surface area contributed by atoms with Crippen molar-refractivity contribution in [3.8, 4) is 11.5 Å². The summed E-state index contributed by atoms with van der Waals surface area (Å²) in [5.41, 5.74) is 1.89. The van der Waals surface area contributed by atoms with Gasteiger partial charge >= 0.3 is 0 Å². The number of H-pyrrole nitrogens is 1. The van der Waals surface area contributed by atoms with Crippen molar-refractivity contribution < 1.29 is 0 Å². The predicted octanol–water partition coefficient (Wildman–Crippen LogP) is 4.27. The summed E-state index contributed by atoms with van der Waals surface area (Å²) in [5, 5.41) is 7.87. The van der Waals surface area contributed by atoms with Crippen molar-refractivity contribution in [2.24, 2.45) is 0 Å². The summed E-state index contributed by atoms with van der Waals surface area (Å²) in [5.74, 6) is 0.725. The van der Waals surface area contributed by atoms with Gasteiger partial charge in [0.15, 0.2) is 10.6 Å². The maximum atomic E-state index is 5.94. The van der Waals surface area contributed by atoms with Crippen LogP contribution in [0.4, 0.5) is 0 Å². The number of pyridine rings is 1. The van der Waals surface area contributed by atoms with Crippen LogP contribution in [0.5, 0.6) is 0 Å². The van der Waals surface area contributed by atoms with Crippen LogP contribution in [0.3, 0.4) is 0 Å². The van der Waals surface area contributed by atoms with Crippen molar-refractivity contribution in [3.05, 3.63) is 64.0 Å². The number of benzene rings is 1. The summed E-state index contributed by atoms with van der Waals surface area (Å²) in [6, 6.07) is 13.5. The van der Waals surface area contributed by atoms with Gasteiger partial charge in [-0.1, -0.05) is 29.8 Å². The molecule has 6 heteroatoms. The Kier molecular flexibility index (Phi) is 3.86. The summed E-state index contributed by atoms with van der Waals surface area (Å²) in [6.07, 6.45) is 1.74. The first-order chi connectivity index (χ1) is 10.2. The number of halogens is 1. The van der Waals surface area contributed by atoms with E-state index in [0.717, 1.165) is 17.1 Å². The van der Waals surface area contributed by atoms with Crippen LogP contribution >= 0.6 is 23.8 Å². The van der Waals surface area contributed by atoms with Crippen LogP contribution in [-0.2, 0) is 0 Å². The average molecular weight is 317 g/mol. The monoisotopic (exact) mass is 316 g/mol. The Morgan fingerprint density at radius 2 is 1.95 bits per heavy atom. The molecule has 1 aromatic carbocycles. The Hall–Kier alpha value is -1.98. The maximum Gasteiger partial charge on any atom is 0.196 e. The Balaban J connectivity index is 2.08. The van der Waals surface area contributed by atoms with Gasteiger partial charge in [0.25, 0.3) is 0 Å². The lowest BCUT2D eigenvalue weighted by Crippen LogP contribution is -2.09. The average Bonchev–Trinajstić information content (AvgIpc) is 2.90. The molecule has 0 saturated heterocycles. The molecule has 1 atom stereocenters. The lowest BCUT2D eigenvalue weighted by atomic mass is 10.1. The first-order valence-electron chi connectivity index (χ1n) is 6.50. The third-order valence-corrected chi connectivity index (χ3v) is 3.88. The molecule has 2 aromatic heterocycles. The Morgan fingerprint density at radius 3 is 2.62 bits per heavy atom. The highest BCUT2D eigenvalue weighted by molar-refractivity contribution is 7.71. The van der Waals surface area contributed by atoms with Gasteiger partial charge in [0.05, 0.1) is 6.04 Å². The van der Waals surface area contributed by atoms with Crippen LogP contribution < -0.4 is 0 Å². The second-order valence-electron chi connectivity index (χ2n) is 4.66. The van der Waals surface area contributed by atoms with Crippen molar-refractivity contribution in [1.29, 1.82) is 0 Å². The van der Waals surface area contributed by atoms with Gasteiger partial charge in [-0.05, 0) is 49.0 Å². The zero-order chi connectivity index (χ0) is 14.8. The van der Waals surface area contributed by atoms with Crippen molar-refractivity contribution in [2.45, 2.75) is 13.0 Å². The van der Waals surface area contributed by atoms with E-state index in [9.17, 15) is 0 Å². The smallest absolute Gasteiger partial charge is 0.196 e. The van der Waals surface area contributed by atoms with E-state index >= 15 is 0 Å². The quantitative estimate of drug-likeness (QED) is 0.734. The molecule has 1 unspecified atom stereocenters. The van der Waals surface area contributed by atoms with E-state index in [1.54, 1.807) is 6.20 Å². The zero-order valence-corrected chi connectivity index (χ0v) is 12.9. The maximum absolute atomic E-state index is 5.94. The molecule has 0 amide bonds. The summed E-state index contributed by atoms with van der Waals surface area (Å²) in [6.45, 7) is 2.07. The van der Waals surface area contributed by atoms with Crippen LogP contribution in [0.1, 0.15) is 18.5 Å². The number of aromatic amines is 1. The minimum atomic E-state index is 0.0329. The third kappa shape index (κ3) is 2.75. The van der Waals surface area contributed by atoms with Gasteiger partial charge in [-0.2, -0.15) is 5.10 Å². The van der Waals surface area contributed by atoms with Gasteiger partial charge in [0.1, 0.15) is 5.69 Å². The molecule has 0 aliphatic carbocycles. The highest BCUT2D eigenvalue weighted by Crippen LogP contribution is 2.25. The largest absolute Gasteiger partial charge is 0.292 e. The molecule has 1 N–H and O–H groups in total. The summed E-state index contributed by atoms with van der Waals surface area (Å²) in [4.78, 5) is 4.34. The summed E-state index contributed by atoms with van der Waals surface area (Å²) in [7, 11) is 0. The highest BCUT2D eigenvalue weighted by atomic mass is 35.5. The molecular formula is C15H13ClN4S. The van der Waals surface area contributed by atoms with Gasteiger partial charge in [0, 0.05) is 11.2 Å². The van der Waals surface area contributed by atoms with Gasteiger partial charge in [-0.25, -0.2) is 0 Å². The van der Waals surface area contributed by atoms with Gasteiger partial charge in [-0.15, -0.1) is 0 Å². The van der Waals surface area contributed by atoms with Crippen molar-refractivity contribution in [2.75, 3.05) is 0 Å². The van der Waals surface area contributed by atoms with E-state index in [4.69, 9.17) is 23.8 Å². The molecule has 3 rings (SSSR count). The van der Waals surface area contributed by atoms with E-state index in [1.165, 1.54) is 0 Å². The minimum absolute atomic E-state index is 0.0329. The molecule has 106 valence electrons. The van der Waals surface area contributed by atoms with Gasteiger partial charge in [0.2, 0.25) is 0 Å². The van der Waals surface area contributed by atoms with Crippen molar-refractivity contribution in [1.82, 2.24) is 19.7 Å². The lowest BCUT2D eigenvalue weighted by molar-refractivity contribution is 0.634. The molecule has 2 heterocycles. The summed E-state index contributed by atoms with van der Waals surface area (Å²) < 4.78 is 2.53. The van der Waals surface area contributed by atoms with E-state index in [1.807, 2.05) is 47.0 Å². The molecule has 0 saturated carbocycles. The molecule has 0 fully saturated rings. The normalized spacial score (nSPS) is 12.3. The fraction of sp³-hybridized carbons (Fsp3) is 0.133. The number of aromatic nitrogens is 4. The Bertz CT molecular complexity index is 793. The van der Waals surface area contributed by atoms with Crippen molar-refractivity contribution >= 4 is 23.8 Å². The number of hydrogen-bond donors (Lipinski definition) is 1. The molecule has 4 nitrogen and oxygen atoms in total. The highest BCUT2D eigenvalue weighted by Gasteiger charge is 2.16. The van der Waals surface area contributed by atoms with Crippen LogP contribution in [0.15, 0.2) is 48.7 Å². The van der Waals surface area contributed by atoms with E-state index in [-0.39, 0.29) is 6.04 Å². The molecule has 21 heavy (non-hydrogen) atoms. The fourth-order valence-corrected chi connectivity index (χ4v) is 2.65. The van der Waals surface area contributed by atoms with E-state index in [0.29, 0.717) is 9.79 Å². The zero-order valence-electron chi connectivity index (χ0n) is 11.3. The first kappa shape index (κ1) is 14.0. The molecule has 0 radical (unpaired) electrons. The number of hydrogen-bond acceptors (Lipinski definition) is 3. The summed E-state index contributed by atoms with van der Waals surface area (Å²) >= 11 is 11.3. The SMILES string of the molecule is CC(c1ccc(Cl)cc1)n1c(-c2ccccn2)n[nH]c1=S. The van der Waals surface area contributed by atoms with Crippen LogP contribution in [-0.4, -0.2) is 19.7 Å². The molecule has 0 spiro atoms. The topological polar surface area (TPSA) is 46.5 Å². The Morgan fingerprint density at radius 1 is 1.19 bits per heavy atom. The van der Waals surface area contributed by atoms with Gasteiger partial charge in [-0.3, -0.25) is 14.6 Å². The second kappa shape index (κ2) is 5.79. The number of nitrogens with one attached hydrogen (secondary N) is 1. The first-order valence-corrected chi connectivity index (χ1v) is 7.29. The van der Waals surface area contributed by atoms with E-state index < -0.39 is 0 Å². The number of nitrogens with zero attached hydrogens (tertiary/aromatic N) is 3. The van der Waals surface area contributed by atoms with Crippen LogP contribution in [0, 0.1) is 4.77 Å². The van der Waals surface area contributed by atoms with Crippen LogP contribution in [0.25, 0.3) is 11.5 Å².